The average molecular weight is 412 g/mol. The third kappa shape index (κ3) is 4.25. The minimum Gasteiger partial charge on any atom is -0.435 e. The van der Waals surface area contributed by atoms with Gasteiger partial charge in [0, 0.05) is 18.5 Å². The number of hydrogen-bond donors (Lipinski definition) is 0. The highest BCUT2D eigenvalue weighted by Crippen LogP contribution is 2.36. The van der Waals surface area contributed by atoms with Crippen LogP contribution >= 0.6 is 0 Å². The Balaban J connectivity index is 1.54. The number of piperidine rings is 1. The number of fused-ring (bicyclic) bond motifs is 2. The first-order chi connectivity index (χ1) is 14.3. The Morgan fingerprint density at radius 1 is 1.13 bits per heavy atom. The number of likely N-dealkylation sites (tertiary alicyclic amines) is 1. The van der Waals surface area contributed by atoms with E-state index in [2.05, 4.69) is 10.1 Å². The van der Waals surface area contributed by atoms with Gasteiger partial charge in [-0.05, 0) is 36.8 Å². The molecule has 7 nitrogen and oxygen atoms in total. The summed E-state index contributed by atoms with van der Waals surface area (Å²) in [6.45, 7) is 6.71. The molecule has 160 valence electrons. The first-order valence-corrected chi connectivity index (χ1v) is 10.8. The highest BCUT2D eigenvalue weighted by atomic mass is 16.7. The summed E-state index contributed by atoms with van der Waals surface area (Å²) in [4.78, 5) is 37.0. The number of Topliss-reactive ketones (excluding diaryl/α,β-unsaturated/α-hetero) is 1. The minimum absolute atomic E-state index is 0.0647. The van der Waals surface area contributed by atoms with Crippen molar-refractivity contribution in [2.24, 2.45) is 22.4 Å². The van der Waals surface area contributed by atoms with Gasteiger partial charge in [-0.25, -0.2) is 9.78 Å². The molecule has 1 aliphatic heterocycles. The fourth-order valence-electron chi connectivity index (χ4n) is 4.42. The van der Waals surface area contributed by atoms with Gasteiger partial charge in [0.05, 0.1) is 0 Å². The van der Waals surface area contributed by atoms with E-state index in [1.165, 1.54) is 19.3 Å². The lowest BCUT2D eigenvalue weighted by atomic mass is 9.75. The summed E-state index contributed by atoms with van der Waals surface area (Å²) in [7, 11) is 0. The first-order valence-electron chi connectivity index (χ1n) is 10.8. The molecule has 1 aromatic carbocycles. The third-order valence-electron chi connectivity index (χ3n) is 6.16. The molecule has 1 aromatic heterocycles. The van der Waals surface area contributed by atoms with E-state index in [9.17, 15) is 9.59 Å². The fraction of sp³-hybridized carbons (Fsp3) is 0.565. The minimum atomic E-state index is -0.730. The summed E-state index contributed by atoms with van der Waals surface area (Å²) < 4.78 is 5.73. The number of carbonyl (C=O) groups excluding carboxylic acids is 2. The molecular formula is C23H29N3O4. The Hall–Kier alpha value is -2.70. The number of para-hydroxylation sites is 2. The molecule has 2 aromatic rings. The highest BCUT2D eigenvalue weighted by molar-refractivity contribution is 6.46. The molecule has 1 amide bonds. The van der Waals surface area contributed by atoms with E-state index < -0.39 is 11.5 Å². The molecule has 1 aliphatic carbocycles. The summed E-state index contributed by atoms with van der Waals surface area (Å²) >= 11 is 0. The number of carbonyl (C=O) groups is 2. The molecule has 1 saturated carbocycles. The van der Waals surface area contributed by atoms with E-state index in [1.807, 2.05) is 12.1 Å². The van der Waals surface area contributed by atoms with E-state index in [-0.39, 0.29) is 17.4 Å². The summed E-state index contributed by atoms with van der Waals surface area (Å²) in [6, 6.07) is 7.23. The van der Waals surface area contributed by atoms with Gasteiger partial charge in [-0.15, -0.1) is 0 Å². The van der Waals surface area contributed by atoms with Crippen molar-refractivity contribution in [3.63, 3.8) is 0 Å². The molecule has 30 heavy (non-hydrogen) atoms. The lowest BCUT2D eigenvalue weighted by Crippen LogP contribution is -2.44. The standard InChI is InChI=1S/C23H29N3O4/c1-23(2,3)20(27)19(21-24-17-10-6-7-11-18(17)29-21)25-30-22(28)26-13-12-15-8-4-5-9-16(15)14-26/h6-7,10-11,15-16H,4-5,8-9,12-14H2,1-3H3. The molecule has 0 N–H and O–H groups in total. The second kappa shape index (κ2) is 8.20. The van der Waals surface area contributed by atoms with E-state index >= 15 is 0 Å². The predicted molar refractivity (Wildman–Crippen MR) is 113 cm³/mol. The fourth-order valence-corrected chi connectivity index (χ4v) is 4.42. The number of ketones is 1. The SMILES string of the molecule is CC(C)(C)C(=O)C(=NOC(=O)N1CCC2CCCCC2C1)c1nc2ccccc2o1. The average Bonchev–Trinajstić information content (AvgIpc) is 3.16. The van der Waals surface area contributed by atoms with Gasteiger partial charge in [-0.1, -0.05) is 57.3 Å². The smallest absolute Gasteiger partial charge is 0.435 e. The maximum atomic E-state index is 13.0. The van der Waals surface area contributed by atoms with Gasteiger partial charge in [0.15, 0.2) is 11.4 Å². The summed E-state index contributed by atoms with van der Waals surface area (Å²) in [5, 5.41) is 3.95. The Morgan fingerprint density at radius 3 is 2.60 bits per heavy atom. The zero-order valence-electron chi connectivity index (χ0n) is 17.9. The van der Waals surface area contributed by atoms with Crippen LogP contribution in [-0.2, 0) is 9.63 Å². The van der Waals surface area contributed by atoms with Crippen LogP contribution in [0.1, 0.15) is 58.8 Å². The van der Waals surface area contributed by atoms with Crippen molar-refractivity contribution < 1.29 is 18.8 Å². The Morgan fingerprint density at radius 2 is 1.87 bits per heavy atom. The number of oxazole rings is 1. The van der Waals surface area contributed by atoms with Crippen LogP contribution in [0.4, 0.5) is 4.79 Å². The van der Waals surface area contributed by atoms with Crippen LogP contribution in [0, 0.1) is 17.3 Å². The van der Waals surface area contributed by atoms with Crippen LogP contribution in [-0.4, -0.2) is 40.6 Å². The Kier molecular flexibility index (Phi) is 5.62. The van der Waals surface area contributed by atoms with Crippen LogP contribution in [0.25, 0.3) is 11.1 Å². The van der Waals surface area contributed by atoms with Gasteiger partial charge < -0.3 is 9.32 Å². The van der Waals surface area contributed by atoms with Gasteiger partial charge in [-0.2, -0.15) is 0 Å². The van der Waals surface area contributed by atoms with Crippen LogP contribution in [0.3, 0.4) is 0 Å². The molecule has 2 unspecified atom stereocenters. The lowest BCUT2D eigenvalue weighted by Gasteiger charge is -2.40. The summed E-state index contributed by atoms with van der Waals surface area (Å²) in [5.74, 6) is 1.02. The van der Waals surface area contributed by atoms with E-state index in [4.69, 9.17) is 9.25 Å². The molecular weight excluding hydrogens is 382 g/mol. The second-order valence-electron chi connectivity index (χ2n) is 9.40. The largest absolute Gasteiger partial charge is 0.436 e. The summed E-state index contributed by atoms with van der Waals surface area (Å²) in [5.41, 5.74) is 0.367. The van der Waals surface area contributed by atoms with Gasteiger partial charge >= 0.3 is 6.09 Å². The van der Waals surface area contributed by atoms with Crippen molar-refractivity contribution in [2.45, 2.75) is 52.9 Å². The maximum Gasteiger partial charge on any atom is 0.436 e. The number of nitrogens with zero attached hydrogens (tertiary/aromatic N) is 3. The monoisotopic (exact) mass is 411 g/mol. The normalized spacial score (nSPS) is 22.6. The zero-order chi connectivity index (χ0) is 21.3. The predicted octanol–water partition coefficient (Wildman–Crippen LogP) is 4.80. The number of aromatic nitrogens is 1. The first kappa shape index (κ1) is 20.6. The molecule has 0 radical (unpaired) electrons. The van der Waals surface area contributed by atoms with Gasteiger partial charge in [0.2, 0.25) is 5.71 Å². The van der Waals surface area contributed by atoms with E-state index in [0.717, 1.165) is 12.8 Å². The van der Waals surface area contributed by atoms with Crippen LogP contribution in [0.2, 0.25) is 0 Å². The van der Waals surface area contributed by atoms with Gasteiger partial charge in [-0.3, -0.25) is 9.63 Å². The third-order valence-corrected chi connectivity index (χ3v) is 6.16. The molecule has 7 heteroatoms. The number of rotatable bonds is 3. The topological polar surface area (TPSA) is 85.0 Å². The van der Waals surface area contributed by atoms with Crippen LogP contribution in [0.15, 0.2) is 33.8 Å². The Bertz CT molecular complexity index is 939. The molecule has 2 atom stereocenters. The molecule has 4 rings (SSSR count). The van der Waals surface area contributed by atoms with Crippen molar-refractivity contribution in [3.05, 3.63) is 30.2 Å². The number of hydrogen-bond acceptors (Lipinski definition) is 6. The molecule has 0 spiro atoms. The number of amides is 1. The van der Waals surface area contributed by atoms with Crippen molar-refractivity contribution in [3.8, 4) is 0 Å². The molecule has 2 aliphatic rings. The molecule has 2 heterocycles. The quantitative estimate of drug-likeness (QED) is 0.412. The second-order valence-corrected chi connectivity index (χ2v) is 9.40. The number of benzene rings is 1. The van der Waals surface area contributed by atoms with Crippen molar-refractivity contribution in [1.82, 2.24) is 9.88 Å². The zero-order valence-corrected chi connectivity index (χ0v) is 17.9. The maximum absolute atomic E-state index is 13.0. The van der Waals surface area contributed by atoms with Gasteiger partial charge in [0.25, 0.3) is 5.89 Å². The molecule has 0 bridgehead atoms. The highest BCUT2D eigenvalue weighted by Gasteiger charge is 2.35. The number of oxime groups is 1. The van der Waals surface area contributed by atoms with Crippen molar-refractivity contribution >= 4 is 28.7 Å². The van der Waals surface area contributed by atoms with E-state index in [1.54, 1.807) is 37.8 Å². The van der Waals surface area contributed by atoms with Gasteiger partial charge in [0.1, 0.15) is 5.52 Å². The van der Waals surface area contributed by atoms with Crippen LogP contribution in [0.5, 0.6) is 0 Å². The van der Waals surface area contributed by atoms with Crippen molar-refractivity contribution in [1.29, 1.82) is 0 Å². The van der Waals surface area contributed by atoms with E-state index in [0.29, 0.717) is 36.0 Å². The Labute approximate surface area is 176 Å². The molecule has 2 fully saturated rings. The summed E-state index contributed by atoms with van der Waals surface area (Å²) in [6.07, 6.45) is 5.42. The van der Waals surface area contributed by atoms with Crippen molar-refractivity contribution in [2.75, 3.05) is 13.1 Å². The molecule has 1 saturated heterocycles. The van der Waals surface area contributed by atoms with Crippen LogP contribution < -0.4 is 0 Å². The lowest BCUT2D eigenvalue weighted by molar-refractivity contribution is -0.119.